The summed E-state index contributed by atoms with van der Waals surface area (Å²) in [6.07, 6.45) is 5.81. The average Bonchev–Trinajstić information content (AvgIpc) is 3.69. The molecule has 2 aliphatic heterocycles. The second kappa shape index (κ2) is 16.5. The van der Waals surface area contributed by atoms with Gasteiger partial charge in [0.05, 0.1) is 63.0 Å². The molecule has 5 aromatic rings. The molecule has 6 atom stereocenters. The Kier molecular flexibility index (Phi) is 10.9. The summed E-state index contributed by atoms with van der Waals surface area (Å²) in [5.41, 5.74) is 4.69. The summed E-state index contributed by atoms with van der Waals surface area (Å²) in [6.45, 7) is 0. The molecule has 4 aliphatic rings. The van der Waals surface area contributed by atoms with Gasteiger partial charge in [0, 0.05) is 34.2 Å². The van der Waals surface area contributed by atoms with Crippen molar-refractivity contribution in [2.24, 2.45) is 23.7 Å². The molecule has 0 bridgehead atoms. The van der Waals surface area contributed by atoms with E-state index in [9.17, 15) is 19.1 Å². The lowest BCUT2D eigenvalue weighted by molar-refractivity contribution is -0.138. The zero-order valence-corrected chi connectivity index (χ0v) is 36.0. The number of ether oxygens (including phenoxy) is 4. The van der Waals surface area contributed by atoms with Crippen molar-refractivity contribution in [1.29, 1.82) is 0 Å². The number of allylic oxidation sites excluding steroid dienone is 2. The lowest BCUT2D eigenvalue weighted by Gasteiger charge is -2.50. The van der Waals surface area contributed by atoms with Gasteiger partial charge in [-0.05, 0) is 96.6 Å². The van der Waals surface area contributed by atoms with Crippen LogP contribution in [-0.4, -0.2) is 62.2 Å². The number of imide groups is 2. The number of rotatable bonds is 11. The summed E-state index contributed by atoms with van der Waals surface area (Å²) >= 11 is 6.42. The van der Waals surface area contributed by atoms with Gasteiger partial charge in [-0.25, -0.2) is 4.39 Å². The van der Waals surface area contributed by atoms with Gasteiger partial charge < -0.3 is 24.1 Å². The van der Waals surface area contributed by atoms with Gasteiger partial charge in [-0.2, -0.15) is 5.01 Å². The number of hydrazine groups is 1. The lowest BCUT2D eigenvalue weighted by atomic mass is 9.49. The Hall–Kier alpha value is -7.12. The number of fused-ring (bicyclic) bond motifs is 4. The molecule has 4 amide bonds. The fraction of sp³-hybridized carbons (Fsp3) is 0.240. The molecule has 326 valence electrons. The van der Waals surface area contributed by atoms with Crippen molar-refractivity contribution in [2.75, 3.05) is 38.8 Å². The number of methoxy groups -OCH3 is 4. The Balaban J connectivity index is 1.14. The fourth-order valence-corrected chi connectivity index (χ4v) is 10.4. The number of phenols is 1. The van der Waals surface area contributed by atoms with E-state index in [-0.39, 0.29) is 47.2 Å². The van der Waals surface area contributed by atoms with Crippen LogP contribution in [0.5, 0.6) is 28.7 Å². The first-order valence-electron chi connectivity index (χ1n) is 20.6. The largest absolute Gasteiger partial charge is 0.507 e. The average molecular weight is 884 g/mol. The van der Waals surface area contributed by atoms with Crippen LogP contribution in [0.3, 0.4) is 0 Å². The third-order valence-electron chi connectivity index (χ3n) is 13.1. The van der Waals surface area contributed by atoms with Crippen molar-refractivity contribution in [3.8, 4) is 28.7 Å². The Bertz CT molecular complexity index is 2760. The minimum atomic E-state index is -1.74. The van der Waals surface area contributed by atoms with Crippen LogP contribution in [0, 0.1) is 29.5 Å². The first kappa shape index (κ1) is 42.2. The highest BCUT2D eigenvalue weighted by atomic mass is 35.5. The van der Waals surface area contributed by atoms with E-state index in [0.29, 0.717) is 33.3 Å². The third-order valence-corrected chi connectivity index (χ3v) is 13.4. The monoisotopic (exact) mass is 883 g/mol. The van der Waals surface area contributed by atoms with Gasteiger partial charge in [-0.1, -0.05) is 59.7 Å². The first-order valence-corrected chi connectivity index (χ1v) is 21.0. The van der Waals surface area contributed by atoms with E-state index in [4.69, 9.17) is 30.5 Å². The smallest absolute Gasteiger partial charge is 0.260 e. The van der Waals surface area contributed by atoms with Crippen LogP contribution in [0.15, 0.2) is 115 Å². The van der Waals surface area contributed by atoms with E-state index in [0.717, 1.165) is 16.1 Å². The van der Waals surface area contributed by atoms with Crippen LogP contribution < -0.4 is 29.3 Å². The number of hydrogen-bond acceptors (Lipinski definition) is 10. The first-order chi connectivity index (χ1) is 30.9. The van der Waals surface area contributed by atoms with Gasteiger partial charge in [0.1, 0.15) is 34.6 Å². The summed E-state index contributed by atoms with van der Waals surface area (Å²) in [4.78, 5) is 61.2. The predicted octanol–water partition coefficient (Wildman–Crippen LogP) is 8.58. The summed E-state index contributed by atoms with van der Waals surface area (Å²) in [5.74, 6) is -5.71. The maximum Gasteiger partial charge on any atom is 0.260 e. The molecule has 2 aliphatic carbocycles. The molecule has 0 aromatic heterocycles. The van der Waals surface area contributed by atoms with Crippen molar-refractivity contribution in [3.63, 3.8) is 0 Å². The number of anilines is 2. The maximum atomic E-state index is 15.5. The lowest BCUT2D eigenvalue weighted by Crippen LogP contribution is -2.53. The highest BCUT2D eigenvalue weighted by Gasteiger charge is 2.71. The molecular weight excluding hydrogens is 841 g/mol. The van der Waals surface area contributed by atoms with Gasteiger partial charge in [0.2, 0.25) is 11.8 Å². The number of halogens is 2. The van der Waals surface area contributed by atoms with Crippen LogP contribution in [0.1, 0.15) is 41.0 Å². The number of carbonyl (C=O) groups excluding carboxylic acids is 4. The molecule has 2 N–H and O–H groups in total. The van der Waals surface area contributed by atoms with Crippen molar-refractivity contribution < 1.29 is 47.6 Å². The zero-order valence-electron chi connectivity index (χ0n) is 35.2. The predicted molar refractivity (Wildman–Crippen MR) is 238 cm³/mol. The van der Waals surface area contributed by atoms with E-state index >= 15 is 9.59 Å². The number of carbonyl (C=O) groups is 4. The normalized spacial score (nSPS) is 23.7. The van der Waals surface area contributed by atoms with Crippen LogP contribution in [-0.2, 0) is 24.6 Å². The molecule has 5 aromatic carbocycles. The Morgan fingerprint density at radius 2 is 1.45 bits per heavy atom. The van der Waals surface area contributed by atoms with Crippen molar-refractivity contribution in [1.82, 2.24) is 5.01 Å². The Morgan fingerprint density at radius 1 is 0.750 bits per heavy atom. The van der Waals surface area contributed by atoms with Crippen LogP contribution in [0.25, 0.3) is 12.2 Å². The molecule has 1 saturated carbocycles. The Morgan fingerprint density at radius 3 is 2.12 bits per heavy atom. The molecule has 12 nitrogen and oxygen atoms in total. The van der Waals surface area contributed by atoms with Gasteiger partial charge in [0.15, 0.2) is 0 Å². The van der Waals surface area contributed by atoms with Gasteiger partial charge >= 0.3 is 0 Å². The molecule has 2 saturated heterocycles. The second-order valence-corrected chi connectivity index (χ2v) is 16.6. The minimum absolute atomic E-state index is 0.00184. The number of hydrogen-bond donors (Lipinski definition) is 2. The summed E-state index contributed by atoms with van der Waals surface area (Å²) in [5, 5.41) is 13.3. The van der Waals surface area contributed by atoms with E-state index < -0.39 is 58.5 Å². The molecular formula is C50H43ClFN3O9. The molecule has 14 heteroatoms. The topological polar surface area (TPSA) is 144 Å². The number of benzene rings is 5. The van der Waals surface area contributed by atoms with Crippen molar-refractivity contribution in [2.45, 2.75) is 24.2 Å². The summed E-state index contributed by atoms with van der Waals surface area (Å²) in [7, 11) is 6.04. The van der Waals surface area contributed by atoms with E-state index in [1.54, 1.807) is 56.7 Å². The molecule has 2 heterocycles. The SMILES string of the molecule is COc1ccc(OC)c(C=Cc2ccc(N3C(=O)C4CC=C5C(CC6C(=O)N(Nc7ccc(F)cc7)C(=O)C6(c6ccc(Cl)cc6)C5c5c(O)cc(OC)cc5OC)C4C3=O)cc2)c1. The molecule has 0 radical (unpaired) electrons. The second-order valence-electron chi connectivity index (χ2n) is 16.2. The zero-order chi connectivity index (χ0) is 45.0. The maximum absolute atomic E-state index is 15.5. The van der Waals surface area contributed by atoms with E-state index in [1.165, 1.54) is 49.5 Å². The van der Waals surface area contributed by atoms with Gasteiger partial charge in [-0.3, -0.25) is 29.5 Å². The third kappa shape index (κ3) is 6.73. The molecule has 3 fully saturated rings. The number of phenolic OH excluding ortho intramolecular Hbond substituents is 1. The molecule has 64 heavy (non-hydrogen) atoms. The van der Waals surface area contributed by atoms with E-state index in [2.05, 4.69) is 5.43 Å². The molecule has 0 spiro atoms. The number of nitrogens with one attached hydrogen (secondary N) is 1. The highest BCUT2D eigenvalue weighted by molar-refractivity contribution is 6.30. The van der Waals surface area contributed by atoms with Crippen LogP contribution in [0.4, 0.5) is 15.8 Å². The van der Waals surface area contributed by atoms with Gasteiger partial charge in [-0.15, -0.1) is 0 Å². The fourth-order valence-electron chi connectivity index (χ4n) is 10.3. The standard InChI is InChI=1S/C50H43ClFN3O9/c1-61-34-19-22-41(63-3)28(23-34)8-5-27-6-17-33(18-7-27)54-46(57)37-21-20-36-38(43(37)48(54)59)26-39-47(58)55(53-32-15-13-31(52)14-16-32)49(60)50(39,29-9-11-30(51)12-10-29)45(36)44-40(56)24-35(62-2)25-42(44)64-4/h5-20,22-25,37-39,43,45,53,56H,21,26H2,1-4H3. The minimum Gasteiger partial charge on any atom is -0.507 e. The molecule has 6 unspecified atom stereocenters. The number of nitrogens with zero attached hydrogens (tertiary/aromatic N) is 2. The van der Waals surface area contributed by atoms with E-state index in [1.807, 2.05) is 48.6 Å². The van der Waals surface area contributed by atoms with Crippen LogP contribution in [0.2, 0.25) is 5.02 Å². The number of aromatic hydroxyl groups is 1. The quantitative estimate of drug-likeness (QED) is 0.0752. The van der Waals surface area contributed by atoms with Gasteiger partial charge in [0.25, 0.3) is 11.8 Å². The van der Waals surface area contributed by atoms with Crippen molar-refractivity contribution >= 4 is 58.8 Å². The van der Waals surface area contributed by atoms with Crippen molar-refractivity contribution in [3.05, 3.63) is 148 Å². The summed E-state index contributed by atoms with van der Waals surface area (Å²) in [6, 6.07) is 27.4. The molecule has 9 rings (SSSR count). The summed E-state index contributed by atoms with van der Waals surface area (Å²) < 4.78 is 36.3. The number of amides is 4. The highest BCUT2D eigenvalue weighted by Crippen LogP contribution is 2.66. The van der Waals surface area contributed by atoms with Crippen LogP contribution >= 0.6 is 11.6 Å². The Labute approximate surface area is 373 Å².